The second-order valence-corrected chi connectivity index (χ2v) is 16.5. The molecule has 0 fully saturated rings. The van der Waals surface area contributed by atoms with E-state index < -0.39 is 5.41 Å². The van der Waals surface area contributed by atoms with Crippen molar-refractivity contribution in [2.45, 2.75) is 5.41 Å². The third-order valence-corrected chi connectivity index (χ3v) is 13.2. The highest BCUT2D eigenvalue weighted by Crippen LogP contribution is 2.63. The van der Waals surface area contributed by atoms with Gasteiger partial charge in [-0.15, -0.1) is 0 Å². The molecule has 0 unspecified atom stereocenters. The highest BCUT2D eigenvalue weighted by molar-refractivity contribution is 6.09. The van der Waals surface area contributed by atoms with Crippen molar-refractivity contribution in [1.82, 2.24) is 4.57 Å². The van der Waals surface area contributed by atoms with E-state index in [1.807, 2.05) is 6.08 Å². The van der Waals surface area contributed by atoms with Crippen LogP contribution in [0.3, 0.4) is 0 Å². The normalized spacial score (nSPS) is 13.5. The average molecular weight is 803 g/mol. The molecule has 0 aliphatic heterocycles. The van der Waals surface area contributed by atoms with Gasteiger partial charge >= 0.3 is 0 Å². The Morgan fingerprint density at radius 1 is 0.397 bits per heavy atom. The molecule has 0 amide bonds. The maximum Gasteiger partial charge on any atom is 0.0725 e. The van der Waals surface area contributed by atoms with E-state index in [0.717, 1.165) is 22.7 Å². The summed E-state index contributed by atoms with van der Waals surface area (Å²) in [4.78, 5) is 2.35. The van der Waals surface area contributed by atoms with Gasteiger partial charge in [0.2, 0.25) is 0 Å². The second-order valence-electron chi connectivity index (χ2n) is 16.5. The quantitative estimate of drug-likeness (QED) is 0.139. The van der Waals surface area contributed by atoms with Gasteiger partial charge in [0.25, 0.3) is 0 Å². The minimum absolute atomic E-state index is 0.444. The Balaban J connectivity index is 0.926. The molecule has 1 spiro atoms. The van der Waals surface area contributed by atoms with E-state index in [1.54, 1.807) is 0 Å². The van der Waals surface area contributed by atoms with Crippen LogP contribution >= 0.6 is 0 Å². The molecule has 2 aliphatic carbocycles. The Hall–Kier alpha value is -8.20. The molecule has 0 saturated carbocycles. The molecule has 0 atom stereocenters. The molecular weight excluding hydrogens is 761 g/mol. The number of benzene rings is 9. The Kier molecular flexibility index (Phi) is 8.58. The van der Waals surface area contributed by atoms with E-state index in [4.69, 9.17) is 0 Å². The minimum Gasteiger partial charge on any atom is -0.311 e. The number of para-hydroxylation sites is 3. The third-order valence-electron chi connectivity index (χ3n) is 13.2. The SMILES string of the molecule is C=C/C=C\C1=C(c2ccc(N(c3ccccc3)c3ccc(-c4ccc(-n5c6ccccc6c6ccccc65)cc4)cc3)cc2)c2ccccc2C12c1ccccc1-c1ccccc12. The number of allylic oxidation sites excluding steroid dienone is 4. The maximum atomic E-state index is 4.10. The van der Waals surface area contributed by atoms with Gasteiger partial charge in [0.1, 0.15) is 0 Å². The predicted octanol–water partition coefficient (Wildman–Crippen LogP) is 15.8. The summed E-state index contributed by atoms with van der Waals surface area (Å²) in [6.07, 6.45) is 6.29. The van der Waals surface area contributed by atoms with Gasteiger partial charge in [-0.1, -0.05) is 189 Å². The number of fused-ring (bicyclic) bond motifs is 10. The van der Waals surface area contributed by atoms with Crippen molar-refractivity contribution in [2.24, 2.45) is 0 Å². The molecule has 1 heterocycles. The fourth-order valence-electron chi connectivity index (χ4n) is 10.6. The van der Waals surface area contributed by atoms with Crippen molar-refractivity contribution in [3.63, 3.8) is 0 Å². The van der Waals surface area contributed by atoms with Crippen LogP contribution in [0.15, 0.2) is 255 Å². The van der Waals surface area contributed by atoms with Crippen molar-refractivity contribution in [2.75, 3.05) is 4.90 Å². The average Bonchev–Trinajstić information content (AvgIpc) is 3.96. The monoisotopic (exact) mass is 802 g/mol. The summed E-state index contributed by atoms with van der Waals surface area (Å²) in [7, 11) is 0. The smallest absolute Gasteiger partial charge is 0.0725 e. The highest BCUT2D eigenvalue weighted by atomic mass is 15.1. The standard InChI is InChI=1S/C61H42N2/c1-2-3-24-57-60(53-23-9-14-27-56(53)61(57)54-25-12-7-19-49(54)50-20-8-13-26-55(50)61)44-34-40-47(41-35-44)62(45-17-5-4-6-18-45)46-36-30-42(31-37-46)43-32-38-48(39-33-43)63-58-28-15-10-21-51(58)52-22-11-16-29-59(52)63/h2-41H,1H2/b24-3-. The zero-order valence-electron chi connectivity index (χ0n) is 34.7. The minimum atomic E-state index is -0.444. The second kappa shape index (κ2) is 14.8. The van der Waals surface area contributed by atoms with Crippen molar-refractivity contribution in [3.8, 4) is 27.9 Å². The summed E-state index contributed by atoms with van der Waals surface area (Å²) in [5, 5.41) is 2.54. The van der Waals surface area contributed by atoms with Crippen LogP contribution in [0.5, 0.6) is 0 Å². The molecule has 0 saturated heterocycles. The van der Waals surface area contributed by atoms with E-state index in [0.29, 0.717) is 0 Å². The largest absolute Gasteiger partial charge is 0.311 e. The Bertz CT molecular complexity index is 3340. The van der Waals surface area contributed by atoms with Crippen LogP contribution in [-0.2, 0) is 5.41 Å². The van der Waals surface area contributed by atoms with Crippen molar-refractivity contribution < 1.29 is 0 Å². The molecule has 2 aliphatic rings. The van der Waals surface area contributed by atoms with Gasteiger partial charge in [-0.3, -0.25) is 0 Å². The number of hydrogen-bond donors (Lipinski definition) is 0. The zero-order valence-corrected chi connectivity index (χ0v) is 34.7. The molecule has 2 heteroatoms. The van der Waals surface area contributed by atoms with E-state index in [1.165, 1.54) is 83.0 Å². The molecule has 9 aromatic carbocycles. The predicted molar refractivity (Wildman–Crippen MR) is 264 cm³/mol. The van der Waals surface area contributed by atoms with Crippen molar-refractivity contribution in [3.05, 3.63) is 283 Å². The van der Waals surface area contributed by atoms with Gasteiger partial charge < -0.3 is 9.47 Å². The molecule has 0 N–H and O–H groups in total. The topological polar surface area (TPSA) is 8.17 Å². The van der Waals surface area contributed by atoms with Gasteiger partial charge in [-0.2, -0.15) is 0 Å². The van der Waals surface area contributed by atoms with Crippen molar-refractivity contribution in [1.29, 1.82) is 0 Å². The first-order valence-corrected chi connectivity index (χ1v) is 21.7. The Labute approximate surface area is 368 Å². The summed E-state index contributed by atoms with van der Waals surface area (Å²) < 4.78 is 2.37. The molecule has 0 radical (unpaired) electrons. The van der Waals surface area contributed by atoms with Gasteiger partial charge in [-0.05, 0) is 122 Å². The summed E-state index contributed by atoms with van der Waals surface area (Å²) in [5.74, 6) is 0. The van der Waals surface area contributed by atoms with Crippen LogP contribution in [0.2, 0.25) is 0 Å². The van der Waals surface area contributed by atoms with Crippen LogP contribution in [-0.4, -0.2) is 4.57 Å². The van der Waals surface area contributed by atoms with Crippen molar-refractivity contribution >= 4 is 44.4 Å². The summed E-state index contributed by atoms with van der Waals surface area (Å²) in [6, 6.07) is 82.0. The number of nitrogens with zero attached hydrogens (tertiary/aromatic N) is 2. The van der Waals surface area contributed by atoms with Crippen LogP contribution in [0, 0.1) is 0 Å². The Morgan fingerprint density at radius 3 is 1.38 bits per heavy atom. The molecule has 0 bridgehead atoms. The number of hydrogen-bond acceptors (Lipinski definition) is 1. The first-order chi connectivity index (χ1) is 31.2. The molecule has 63 heavy (non-hydrogen) atoms. The van der Waals surface area contributed by atoms with Gasteiger partial charge in [0.05, 0.1) is 16.4 Å². The van der Waals surface area contributed by atoms with E-state index in [2.05, 4.69) is 253 Å². The summed E-state index contributed by atoms with van der Waals surface area (Å²) in [6.45, 7) is 4.10. The van der Waals surface area contributed by atoms with Gasteiger partial charge in [0, 0.05) is 33.5 Å². The Morgan fingerprint density at radius 2 is 0.825 bits per heavy atom. The molecule has 296 valence electrons. The highest BCUT2D eigenvalue weighted by Gasteiger charge is 2.52. The van der Waals surface area contributed by atoms with Crippen LogP contribution in [0.4, 0.5) is 17.1 Å². The first kappa shape index (κ1) is 36.6. The number of aromatic nitrogens is 1. The van der Waals surface area contributed by atoms with Crippen LogP contribution in [0.1, 0.15) is 27.8 Å². The molecule has 10 aromatic rings. The summed E-state index contributed by atoms with van der Waals surface area (Å²) in [5.41, 5.74) is 20.3. The zero-order chi connectivity index (χ0) is 41.9. The third kappa shape index (κ3) is 5.58. The molecular formula is C61H42N2. The first-order valence-electron chi connectivity index (χ1n) is 21.7. The van der Waals surface area contributed by atoms with Crippen LogP contribution < -0.4 is 4.90 Å². The lowest BCUT2D eigenvalue weighted by Crippen LogP contribution is -2.26. The van der Waals surface area contributed by atoms with Gasteiger partial charge in [-0.25, -0.2) is 0 Å². The van der Waals surface area contributed by atoms with E-state index in [-0.39, 0.29) is 0 Å². The fraction of sp³-hybridized carbons (Fsp3) is 0.0164. The lowest BCUT2D eigenvalue weighted by Gasteiger charge is -2.31. The summed E-state index contributed by atoms with van der Waals surface area (Å²) >= 11 is 0. The van der Waals surface area contributed by atoms with E-state index >= 15 is 0 Å². The maximum absolute atomic E-state index is 4.10. The van der Waals surface area contributed by atoms with E-state index in [9.17, 15) is 0 Å². The number of rotatable bonds is 8. The molecule has 12 rings (SSSR count). The lowest BCUT2D eigenvalue weighted by atomic mass is 9.69. The fourth-order valence-corrected chi connectivity index (χ4v) is 10.6. The van der Waals surface area contributed by atoms with Gasteiger partial charge in [0.15, 0.2) is 0 Å². The molecule has 1 aromatic heterocycles. The van der Waals surface area contributed by atoms with Crippen LogP contribution in [0.25, 0.3) is 55.3 Å². The molecule has 2 nitrogen and oxygen atoms in total. The lowest BCUT2D eigenvalue weighted by molar-refractivity contribution is 0.786. The number of anilines is 3.